The van der Waals surface area contributed by atoms with Crippen molar-refractivity contribution in [3.63, 3.8) is 0 Å². The molecule has 1 aromatic rings. The predicted molar refractivity (Wildman–Crippen MR) is 90.9 cm³/mol. The Morgan fingerprint density at radius 3 is 2.44 bits per heavy atom. The van der Waals surface area contributed by atoms with Crippen LogP contribution in [-0.4, -0.2) is 60.4 Å². The third-order valence-electron chi connectivity index (χ3n) is 4.05. The van der Waals surface area contributed by atoms with E-state index >= 15 is 0 Å². The summed E-state index contributed by atoms with van der Waals surface area (Å²) >= 11 is 0. The van der Waals surface area contributed by atoms with Crippen LogP contribution in [0.1, 0.15) is 37.6 Å². The quantitative estimate of drug-likeness (QED) is 0.780. The number of nitrogens with zero attached hydrogens (tertiary/aromatic N) is 2. The molecule has 136 valence electrons. The van der Waals surface area contributed by atoms with E-state index in [1.165, 1.54) is 0 Å². The number of fused-ring (bicyclic) bond motifs is 1. The Hall–Kier alpha value is -2.44. The minimum absolute atomic E-state index is 0.0654. The van der Waals surface area contributed by atoms with Crippen molar-refractivity contribution >= 4 is 12.0 Å². The maximum atomic E-state index is 12.8. The summed E-state index contributed by atoms with van der Waals surface area (Å²) in [7, 11) is 0. The lowest BCUT2D eigenvalue weighted by molar-refractivity contribution is 0.0255. The van der Waals surface area contributed by atoms with Crippen LogP contribution < -0.4 is 9.47 Å². The molecule has 2 aliphatic heterocycles. The van der Waals surface area contributed by atoms with Crippen molar-refractivity contribution in [2.45, 2.75) is 32.8 Å². The molecule has 1 fully saturated rings. The minimum Gasteiger partial charge on any atom is -0.454 e. The predicted octanol–water partition coefficient (Wildman–Crippen LogP) is 2.50. The van der Waals surface area contributed by atoms with Crippen LogP contribution in [0.25, 0.3) is 0 Å². The van der Waals surface area contributed by atoms with Crippen LogP contribution >= 0.6 is 0 Å². The number of ether oxygens (including phenoxy) is 3. The molecule has 25 heavy (non-hydrogen) atoms. The van der Waals surface area contributed by atoms with E-state index in [0.717, 1.165) is 6.42 Å². The van der Waals surface area contributed by atoms with Crippen molar-refractivity contribution in [1.82, 2.24) is 9.80 Å². The van der Waals surface area contributed by atoms with Gasteiger partial charge in [-0.3, -0.25) is 4.79 Å². The van der Waals surface area contributed by atoms with Crippen molar-refractivity contribution < 1.29 is 23.8 Å². The normalized spacial score (nSPS) is 17.2. The average Bonchev–Trinajstić information content (AvgIpc) is 2.86. The van der Waals surface area contributed by atoms with Crippen LogP contribution in [-0.2, 0) is 4.74 Å². The van der Waals surface area contributed by atoms with Crippen molar-refractivity contribution in [3.8, 4) is 11.5 Å². The number of benzene rings is 1. The van der Waals surface area contributed by atoms with Gasteiger partial charge in [0.2, 0.25) is 6.79 Å². The van der Waals surface area contributed by atoms with E-state index in [2.05, 4.69) is 0 Å². The SMILES string of the molecule is CC(C)(C)OC(=O)N1CCCN(C(=O)c2ccc3c(c2)OCO3)CC1. The Balaban J connectivity index is 1.63. The van der Waals surface area contributed by atoms with Gasteiger partial charge in [0.25, 0.3) is 5.91 Å². The first-order valence-corrected chi connectivity index (χ1v) is 8.50. The van der Waals surface area contributed by atoms with Gasteiger partial charge in [0.1, 0.15) is 5.60 Å². The second-order valence-electron chi connectivity index (χ2n) is 7.18. The lowest BCUT2D eigenvalue weighted by Gasteiger charge is -2.26. The van der Waals surface area contributed by atoms with Gasteiger partial charge in [0.15, 0.2) is 11.5 Å². The first-order valence-electron chi connectivity index (χ1n) is 8.50. The van der Waals surface area contributed by atoms with Gasteiger partial charge < -0.3 is 24.0 Å². The van der Waals surface area contributed by atoms with Crippen molar-refractivity contribution in [3.05, 3.63) is 23.8 Å². The maximum absolute atomic E-state index is 12.8. The number of carbonyl (C=O) groups is 2. The molecule has 0 atom stereocenters. The maximum Gasteiger partial charge on any atom is 0.410 e. The molecule has 0 aromatic heterocycles. The van der Waals surface area contributed by atoms with Crippen LogP contribution in [0.2, 0.25) is 0 Å². The highest BCUT2D eigenvalue weighted by atomic mass is 16.7. The number of hydrogen-bond acceptors (Lipinski definition) is 5. The Bertz CT molecular complexity index is 668. The van der Waals surface area contributed by atoms with Gasteiger partial charge in [-0.2, -0.15) is 0 Å². The second-order valence-corrected chi connectivity index (χ2v) is 7.18. The Labute approximate surface area is 147 Å². The first kappa shape index (κ1) is 17.4. The Kier molecular flexibility index (Phi) is 4.74. The zero-order chi connectivity index (χ0) is 18.0. The molecule has 7 nitrogen and oxygen atoms in total. The smallest absolute Gasteiger partial charge is 0.410 e. The largest absolute Gasteiger partial charge is 0.454 e. The standard InChI is InChI=1S/C18H24N2O5/c1-18(2,3)25-17(22)20-8-4-7-19(9-10-20)16(21)13-5-6-14-15(11-13)24-12-23-14/h5-6,11H,4,7-10,12H2,1-3H3. The Morgan fingerprint density at radius 2 is 1.68 bits per heavy atom. The van der Waals surface area contributed by atoms with Crippen LogP contribution in [0.15, 0.2) is 18.2 Å². The van der Waals surface area contributed by atoms with Crippen molar-refractivity contribution in [2.75, 3.05) is 33.0 Å². The fraction of sp³-hybridized carbons (Fsp3) is 0.556. The summed E-state index contributed by atoms with van der Waals surface area (Å²) in [5.41, 5.74) is 0.0423. The third-order valence-corrected chi connectivity index (χ3v) is 4.05. The molecule has 0 unspecified atom stereocenters. The highest BCUT2D eigenvalue weighted by molar-refractivity contribution is 5.95. The monoisotopic (exact) mass is 348 g/mol. The van der Waals surface area contributed by atoms with Gasteiger partial charge in [0, 0.05) is 31.7 Å². The van der Waals surface area contributed by atoms with E-state index < -0.39 is 5.60 Å². The van der Waals surface area contributed by atoms with Crippen LogP contribution in [0, 0.1) is 0 Å². The molecule has 0 spiro atoms. The lowest BCUT2D eigenvalue weighted by Crippen LogP contribution is -2.40. The summed E-state index contributed by atoms with van der Waals surface area (Å²) in [5, 5.41) is 0. The highest BCUT2D eigenvalue weighted by Gasteiger charge is 2.27. The Morgan fingerprint density at radius 1 is 1.00 bits per heavy atom. The van der Waals surface area contributed by atoms with Gasteiger partial charge in [-0.05, 0) is 45.4 Å². The van der Waals surface area contributed by atoms with Gasteiger partial charge in [0.05, 0.1) is 0 Å². The lowest BCUT2D eigenvalue weighted by atomic mass is 10.1. The van der Waals surface area contributed by atoms with E-state index in [1.54, 1.807) is 28.0 Å². The van der Waals surface area contributed by atoms with Crippen LogP contribution in [0.4, 0.5) is 4.79 Å². The summed E-state index contributed by atoms with van der Waals surface area (Å²) < 4.78 is 16.0. The zero-order valence-electron chi connectivity index (χ0n) is 14.9. The fourth-order valence-electron chi connectivity index (χ4n) is 2.84. The molecular weight excluding hydrogens is 324 g/mol. The number of hydrogen-bond donors (Lipinski definition) is 0. The van der Waals surface area contributed by atoms with Crippen molar-refractivity contribution in [2.24, 2.45) is 0 Å². The molecule has 2 heterocycles. The molecule has 3 rings (SSSR count). The molecule has 0 radical (unpaired) electrons. The average molecular weight is 348 g/mol. The number of amides is 2. The van der Waals surface area contributed by atoms with Crippen LogP contribution in [0.3, 0.4) is 0 Å². The highest BCUT2D eigenvalue weighted by Crippen LogP contribution is 2.32. The molecular formula is C18H24N2O5. The molecule has 1 aromatic carbocycles. The minimum atomic E-state index is -0.522. The molecule has 7 heteroatoms. The molecule has 0 aliphatic carbocycles. The van der Waals surface area contributed by atoms with Gasteiger partial charge in [-0.25, -0.2) is 4.79 Å². The van der Waals surface area contributed by atoms with E-state index in [1.807, 2.05) is 20.8 Å². The fourth-order valence-corrected chi connectivity index (χ4v) is 2.84. The molecule has 0 N–H and O–H groups in total. The van der Waals surface area contributed by atoms with Crippen LogP contribution in [0.5, 0.6) is 11.5 Å². The van der Waals surface area contributed by atoms with Gasteiger partial charge in [-0.1, -0.05) is 0 Å². The van der Waals surface area contributed by atoms with E-state index in [9.17, 15) is 9.59 Å². The number of carbonyl (C=O) groups excluding carboxylic acids is 2. The summed E-state index contributed by atoms with van der Waals surface area (Å²) in [5.74, 6) is 1.18. The molecule has 1 saturated heterocycles. The van der Waals surface area contributed by atoms with Gasteiger partial charge >= 0.3 is 6.09 Å². The molecule has 2 aliphatic rings. The van der Waals surface area contributed by atoms with E-state index in [-0.39, 0.29) is 18.8 Å². The molecule has 2 amide bonds. The summed E-state index contributed by atoms with van der Waals surface area (Å²) in [6, 6.07) is 5.20. The topological polar surface area (TPSA) is 68.3 Å². The van der Waals surface area contributed by atoms with Gasteiger partial charge in [-0.15, -0.1) is 0 Å². The summed E-state index contributed by atoms with van der Waals surface area (Å²) in [6.07, 6.45) is 0.389. The number of rotatable bonds is 1. The summed E-state index contributed by atoms with van der Waals surface area (Å²) in [6.45, 7) is 7.85. The first-order chi connectivity index (χ1) is 11.8. The molecule has 0 saturated carbocycles. The second kappa shape index (κ2) is 6.82. The van der Waals surface area contributed by atoms with Crippen molar-refractivity contribution in [1.29, 1.82) is 0 Å². The summed E-state index contributed by atoms with van der Waals surface area (Å²) in [4.78, 5) is 28.4. The zero-order valence-corrected chi connectivity index (χ0v) is 14.9. The molecule has 0 bridgehead atoms. The third kappa shape index (κ3) is 4.15. The van der Waals surface area contributed by atoms with E-state index in [4.69, 9.17) is 14.2 Å². The van der Waals surface area contributed by atoms with E-state index in [0.29, 0.717) is 43.2 Å².